The molecular formula is C18H14Cl2F3N3O3. The number of carboxylic acid groups (broad SMARTS) is 2. The summed E-state index contributed by atoms with van der Waals surface area (Å²) in [7, 11) is 0. The van der Waals surface area contributed by atoms with Gasteiger partial charge in [0.05, 0.1) is 21.3 Å². The largest absolute Gasteiger partial charge is 0.503 e. The van der Waals surface area contributed by atoms with Gasteiger partial charge in [0.2, 0.25) is 0 Å². The lowest BCUT2D eigenvalue weighted by Crippen LogP contribution is -2.08. The number of nitrogen functional groups attached to an aromatic ring is 1. The van der Waals surface area contributed by atoms with Crippen LogP contribution in [-0.4, -0.2) is 26.1 Å². The molecule has 11 heteroatoms. The molecule has 1 heterocycles. The lowest BCUT2D eigenvalue weighted by Gasteiger charge is -2.08. The lowest BCUT2D eigenvalue weighted by molar-refractivity contribution is -0.140. The number of aryl methyl sites for hydroxylation is 1. The Labute approximate surface area is 172 Å². The van der Waals surface area contributed by atoms with E-state index in [9.17, 15) is 13.2 Å². The SMILES string of the molecule is Cc1cccc(-n2nc(C(F)(F)F)c(-c3ccc(Cl)c(Cl)c3)c2N)c1.O=C(O)O. The van der Waals surface area contributed by atoms with Gasteiger partial charge in [-0.15, -0.1) is 0 Å². The molecule has 2 aromatic carbocycles. The maximum absolute atomic E-state index is 13.5. The van der Waals surface area contributed by atoms with Crippen LogP contribution >= 0.6 is 23.2 Å². The van der Waals surface area contributed by atoms with Crippen LogP contribution in [0.5, 0.6) is 0 Å². The smallest absolute Gasteiger partial charge is 0.450 e. The number of nitrogens with two attached hydrogens (primary N) is 1. The molecule has 0 aliphatic rings. The number of aromatic nitrogens is 2. The molecule has 0 amide bonds. The number of hydrogen-bond donors (Lipinski definition) is 3. The molecule has 29 heavy (non-hydrogen) atoms. The van der Waals surface area contributed by atoms with E-state index in [1.165, 1.54) is 18.2 Å². The van der Waals surface area contributed by atoms with E-state index in [-0.39, 0.29) is 27.0 Å². The first kappa shape index (κ1) is 22.4. The molecule has 6 nitrogen and oxygen atoms in total. The van der Waals surface area contributed by atoms with Crippen molar-refractivity contribution in [2.75, 3.05) is 5.73 Å². The topological polar surface area (TPSA) is 101 Å². The fourth-order valence-corrected chi connectivity index (χ4v) is 2.82. The molecule has 0 radical (unpaired) electrons. The van der Waals surface area contributed by atoms with Crippen LogP contribution < -0.4 is 5.73 Å². The summed E-state index contributed by atoms with van der Waals surface area (Å²) in [5, 5.41) is 18.0. The van der Waals surface area contributed by atoms with Crippen LogP contribution in [0.1, 0.15) is 11.3 Å². The highest BCUT2D eigenvalue weighted by Gasteiger charge is 2.39. The number of benzene rings is 2. The zero-order valence-electron chi connectivity index (χ0n) is 14.7. The summed E-state index contributed by atoms with van der Waals surface area (Å²) in [4.78, 5) is 8.56. The zero-order valence-corrected chi connectivity index (χ0v) is 16.2. The van der Waals surface area contributed by atoms with Crippen molar-refractivity contribution in [3.05, 3.63) is 63.8 Å². The van der Waals surface area contributed by atoms with Crippen molar-refractivity contribution in [1.82, 2.24) is 9.78 Å². The van der Waals surface area contributed by atoms with E-state index in [0.29, 0.717) is 5.69 Å². The lowest BCUT2D eigenvalue weighted by atomic mass is 10.1. The van der Waals surface area contributed by atoms with Gasteiger partial charge >= 0.3 is 12.3 Å². The molecule has 0 unspecified atom stereocenters. The highest BCUT2D eigenvalue weighted by molar-refractivity contribution is 6.42. The van der Waals surface area contributed by atoms with E-state index in [4.69, 9.17) is 43.9 Å². The van der Waals surface area contributed by atoms with Gasteiger partial charge in [-0.2, -0.15) is 18.3 Å². The third-order valence-electron chi connectivity index (χ3n) is 3.64. The quantitative estimate of drug-likeness (QED) is 0.448. The van der Waals surface area contributed by atoms with E-state index in [1.54, 1.807) is 18.2 Å². The number of alkyl halides is 3. The van der Waals surface area contributed by atoms with Gasteiger partial charge in [-0.25, -0.2) is 9.48 Å². The van der Waals surface area contributed by atoms with Crippen molar-refractivity contribution in [2.24, 2.45) is 0 Å². The maximum atomic E-state index is 13.5. The molecule has 0 saturated carbocycles. The van der Waals surface area contributed by atoms with Crippen molar-refractivity contribution in [2.45, 2.75) is 13.1 Å². The Balaban J connectivity index is 0.000000687. The van der Waals surface area contributed by atoms with Gasteiger partial charge in [-0.3, -0.25) is 0 Å². The monoisotopic (exact) mass is 447 g/mol. The van der Waals surface area contributed by atoms with Crippen molar-refractivity contribution >= 4 is 35.2 Å². The van der Waals surface area contributed by atoms with E-state index >= 15 is 0 Å². The number of rotatable bonds is 2. The molecule has 0 aliphatic carbocycles. The summed E-state index contributed by atoms with van der Waals surface area (Å²) in [5.74, 6) is -0.128. The molecule has 0 saturated heterocycles. The van der Waals surface area contributed by atoms with Crippen LogP contribution in [0, 0.1) is 6.92 Å². The molecule has 0 atom stereocenters. The van der Waals surface area contributed by atoms with Gasteiger partial charge < -0.3 is 15.9 Å². The normalized spacial score (nSPS) is 11.0. The first-order chi connectivity index (χ1) is 13.4. The number of carbonyl (C=O) groups is 1. The molecule has 0 fully saturated rings. The Morgan fingerprint density at radius 2 is 1.72 bits per heavy atom. The molecule has 3 aromatic rings. The van der Waals surface area contributed by atoms with Crippen LogP contribution in [0.3, 0.4) is 0 Å². The molecule has 4 N–H and O–H groups in total. The fraction of sp³-hybridized carbons (Fsp3) is 0.111. The van der Waals surface area contributed by atoms with Gasteiger partial charge in [0, 0.05) is 0 Å². The minimum absolute atomic E-state index is 0.128. The maximum Gasteiger partial charge on any atom is 0.503 e. The van der Waals surface area contributed by atoms with Crippen molar-refractivity contribution < 1.29 is 28.2 Å². The molecular weight excluding hydrogens is 434 g/mol. The Morgan fingerprint density at radius 1 is 1.10 bits per heavy atom. The van der Waals surface area contributed by atoms with Crippen LogP contribution in [0.2, 0.25) is 10.0 Å². The molecule has 0 spiro atoms. The predicted octanol–water partition coefficient (Wildman–Crippen LogP) is 5.98. The Hall–Kier alpha value is -2.91. The standard InChI is InChI=1S/C17H12Cl2F3N3.CH2O3/c1-9-3-2-4-11(7-9)25-16(23)14(15(24-25)17(20,21)22)10-5-6-12(18)13(19)8-10;2-1(3)4/h2-8H,23H2,1H3;(H2,2,3,4). The van der Waals surface area contributed by atoms with Crippen molar-refractivity contribution in [3.63, 3.8) is 0 Å². The van der Waals surface area contributed by atoms with Gasteiger partial charge in [-0.05, 0) is 42.3 Å². The van der Waals surface area contributed by atoms with Crippen LogP contribution in [0.4, 0.5) is 23.8 Å². The Bertz CT molecular complexity index is 1050. The summed E-state index contributed by atoms with van der Waals surface area (Å²) >= 11 is 11.8. The van der Waals surface area contributed by atoms with Crippen molar-refractivity contribution in [3.8, 4) is 16.8 Å². The Morgan fingerprint density at radius 3 is 2.24 bits per heavy atom. The van der Waals surface area contributed by atoms with Crippen molar-refractivity contribution in [1.29, 1.82) is 0 Å². The van der Waals surface area contributed by atoms with E-state index in [1.807, 2.05) is 13.0 Å². The van der Waals surface area contributed by atoms with Crippen LogP contribution in [-0.2, 0) is 6.18 Å². The van der Waals surface area contributed by atoms with E-state index in [0.717, 1.165) is 10.2 Å². The first-order valence-corrected chi connectivity index (χ1v) is 8.57. The molecule has 0 bridgehead atoms. The van der Waals surface area contributed by atoms with Gasteiger partial charge in [-0.1, -0.05) is 41.4 Å². The highest BCUT2D eigenvalue weighted by Crippen LogP contribution is 2.42. The van der Waals surface area contributed by atoms with Gasteiger partial charge in [0.15, 0.2) is 5.69 Å². The van der Waals surface area contributed by atoms with E-state index < -0.39 is 18.0 Å². The molecule has 154 valence electrons. The highest BCUT2D eigenvalue weighted by atomic mass is 35.5. The number of hydrogen-bond acceptors (Lipinski definition) is 3. The third-order valence-corrected chi connectivity index (χ3v) is 4.38. The van der Waals surface area contributed by atoms with Gasteiger partial charge in [0.25, 0.3) is 0 Å². The number of nitrogens with zero attached hydrogens (tertiary/aromatic N) is 2. The summed E-state index contributed by atoms with van der Waals surface area (Å²) in [6, 6.07) is 11.1. The second kappa shape index (κ2) is 8.62. The first-order valence-electron chi connectivity index (χ1n) is 7.82. The number of anilines is 1. The molecule has 0 aliphatic heterocycles. The zero-order chi connectivity index (χ0) is 21.9. The summed E-state index contributed by atoms with van der Waals surface area (Å²) in [5.41, 5.74) is 6.22. The Kier molecular flexibility index (Phi) is 6.66. The summed E-state index contributed by atoms with van der Waals surface area (Å²) < 4.78 is 41.6. The third kappa shape index (κ3) is 5.33. The second-order valence-electron chi connectivity index (χ2n) is 5.77. The van der Waals surface area contributed by atoms with Crippen LogP contribution in [0.25, 0.3) is 16.8 Å². The number of halogens is 5. The fourth-order valence-electron chi connectivity index (χ4n) is 2.52. The summed E-state index contributed by atoms with van der Waals surface area (Å²) in [6.07, 6.45) is -6.51. The van der Waals surface area contributed by atoms with Crippen LogP contribution in [0.15, 0.2) is 42.5 Å². The minimum atomic E-state index is -4.68. The van der Waals surface area contributed by atoms with E-state index in [2.05, 4.69) is 5.10 Å². The second-order valence-corrected chi connectivity index (χ2v) is 6.58. The average Bonchev–Trinajstić information content (AvgIpc) is 2.94. The van der Waals surface area contributed by atoms with Gasteiger partial charge in [0.1, 0.15) is 5.82 Å². The summed E-state index contributed by atoms with van der Waals surface area (Å²) in [6.45, 7) is 1.83. The molecule has 1 aromatic heterocycles. The molecule has 3 rings (SSSR count). The average molecular weight is 448 g/mol. The minimum Gasteiger partial charge on any atom is -0.450 e. The predicted molar refractivity (Wildman–Crippen MR) is 104 cm³/mol.